The zero-order valence-electron chi connectivity index (χ0n) is 23.6. The molecule has 2 aromatic carbocycles. The summed E-state index contributed by atoms with van der Waals surface area (Å²) < 4.78 is 17.2. The lowest BCUT2D eigenvalue weighted by molar-refractivity contribution is -0.166. The predicted octanol–water partition coefficient (Wildman–Crippen LogP) is 3.33. The first-order chi connectivity index (χ1) is 19.5. The van der Waals surface area contributed by atoms with Gasteiger partial charge in [-0.15, -0.1) is 0 Å². The van der Waals surface area contributed by atoms with Crippen LogP contribution in [0.3, 0.4) is 0 Å². The first-order valence-corrected chi connectivity index (χ1v) is 14.3. The van der Waals surface area contributed by atoms with Crippen molar-refractivity contribution in [3.05, 3.63) is 59.3 Å². The summed E-state index contributed by atoms with van der Waals surface area (Å²) >= 11 is 0. The molecule has 40 heavy (non-hydrogen) atoms. The molecule has 9 heteroatoms. The van der Waals surface area contributed by atoms with Gasteiger partial charge in [-0.2, -0.15) is 0 Å². The van der Waals surface area contributed by atoms with Gasteiger partial charge in [0, 0.05) is 55.1 Å². The summed E-state index contributed by atoms with van der Waals surface area (Å²) in [5.74, 6) is 1.07. The van der Waals surface area contributed by atoms with Crippen LogP contribution in [0, 0.1) is 0 Å². The van der Waals surface area contributed by atoms with Crippen LogP contribution in [0.25, 0.3) is 10.9 Å². The van der Waals surface area contributed by atoms with E-state index in [0.717, 1.165) is 67.0 Å². The Morgan fingerprint density at radius 3 is 2.65 bits per heavy atom. The van der Waals surface area contributed by atoms with Gasteiger partial charge in [0.1, 0.15) is 0 Å². The van der Waals surface area contributed by atoms with Crippen LogP contribution in [0.2, 0.25) is 0 Å². The number of ether oxygens (including phenoxy) is 3. The average molecular weight is 547 g/mol. The topological polar surface area (TPSA) is 87.3 Å². The van der Waals surface area contributed by atoms with Crippen molar-refractivity contribution >= 4 is 22.7 Å². The number of hydrogen-bond donors (Lipinski definition) is 1. The number of aromatic amines is 1. The molecule has 3 aliphatic rings. The first kappa shape index (κ1) is 26.7. The van der Waals surface area contributed by atoms with Crippen LogP contribution in [0.5, 0.6) is 11.5 Å². The summed E-state index contributed by atoms with van der Waals surface area (Å²) in [4.78, 5) is 37.6. The molecule has 3 aromatic rings. The molecule has 4 heterocycles. The van der Waals surface area contributed by atoms with Gasteiger partial charge in [-0.25, -0.2) is 0 Å². The van der Waals surface area contributed by atoms with Crippen LogP contribution in [0.1, 0.15) is 43.0 Å². The molecule has 0 radical (unpaired) electrons. The monoisotopic (exact) mass is 546 g/mol. The molecule has 2 unspecified atom stereocenters. The second-order valence-electron chi connectivity index (χ2n) is 10.9. The molecular weight excluding hydrogens is 508 g/mol. The fourth-order valence-electron chi connectivity index (χ4n) is 6.71. The molecule has 9 nitrogen and oxygen atoms in total. The lowest BCUT2D eigenvalue weighted by atomic mass is 9.76. The maximum Gasteiger partial charge on any atom is 0.254 e. The summed E-state index contributed by atoms with van der Waals surface area (Å²) in [6.07, 6.45) is 0.818. The number of hydrogen-bond acceptors (Lipinski definition) is 6. The van der Waals surface area contributed by atoms with Crippen molar-refractivity contribution in [2.24, 2.45) is 0 Å². The number of carbonyl (C=O) groups excluding carboxylic acids is 2. The highest BCUT2D eigenvalue weighted by Crippen LogP contribution is 2.50. The highest BCUT2D eigenvalue weighted by Gasteiger charge is 2.56. The zero-order valence-corrected chi connectivity index (χ0v) is 23.6. The Morgan fingerprint density at radius 1 is 1.07 bits per heavy atom. The van der Waals surface area contributed by atoms with E-state index in [2.05, 4.69) is 16.0 Å². The van der Waals surface area contributed by atoms with Gasteiger partial charge < -0.3 is 29.0 Å². The Morgan fingerprint density at radius 2 is 1.88 bits per heavy atom. The van der Waals surface area contributed by atoms with E-state index in [0.29, 0.717) is 31.2 Å². The minimum Gasteiger partial charge on any atom is -0.493 e. The molecule has 1 aromatic heterocycles. The number of fused-ring (bicyclic) bond motifs is 5. The normalized spacial score (nSPS) is 23.3. The van der Waals surface area contributed by atoms with E-state index < -0.39 is 5.54 Å². The molecule has 3 aliphatic heterocycles. The summed E-state index contributed by atoms with van der Waals surface area (Å²) in [7, 11) is 1.64. The van der Waals surface area contributed by atoms with Crippen molar-refractivity contribution in [3.8, 4) is 11.5 Å². The third-order valence-corrected chi connectivity index (χ3v) is 8.72. The maximum absolute atomic E-state index is 14.3. The molecule has 212 valence electrons. The number of aromatic nitrogens is 1. The third kappa shape index (κ3) is 4.32. The maximum atomic E-state index is 14.3. The molecule has 6 rings (SSSR count). The van der Waals surface area contributed by atoms with E-state index in [4.69, 9.17) is 14.2 Å². The summed E-state index contributed by atoms with van der Waals surface area (Å²) in [5, 5.41) is 1.05. The van der Waals surface area contributed by atoms with Gasteiger partial charge in [0.2, 0.25) is 5.91 Å². The fourth-order valence-corrected chi connectivity index (χ4v) is 6.71. The van der Waals surface area contributed by atoms with Gasteiger partial charge >= 0.3 is 0 Å². The van der Waals surface area contributed by atoms with Crippen LogP contribution in [0.15, 0.2) is 42.5 Å². The Kier molecular flexibility index (Phi) is 7.18. The van der Waals surface area contributed by atoms with E-state index in [9.17, 15) is 9.59 Å². The second-order valence-corrected chi connectivity index (χ2v) is 10.9. The van der Waals surface area contributed by atoms with Crippen molar-refractivity contribution in [2.75, 3.05) is 66.2 Å². The minimum atomic E-state index is -1.12. The van der Waals surface area contributed by atoms with Crippen LogP contribution >= 0.6 is 0 Å². The van der Waals surface area contributed by atoms with Crippen molar-refractivity contribution in [1.82, 2.24) is 19.7 Å². The first-order valence-electron chi connectivity index (χ1n) is 14.3. The molecule has 2 atom stereocenters. The Labute approximate surface area is 235 Å². The summed E-state index contributed by atoms with van der Waals surface area (Å²) in [6, 6.07) is 14.0. The minimum absolute atomic E-state index is 0.0315. The lowest BCUT2D eigenvalue weighted by Gasteiger charge is -2.51. The number of rotatable bonds is 8. The van der Waals surface area contributed by atoms with E-state index in [1.807, 2.05) is 50.2 Å². The van der Waals surface area contributed by atoms with Crippen LogP contribution in [-0.2, 0) is 19.9 Å². The largest absolute Gasteiger partial charge is 0.493 e. The highest BCUT2D eigenvalue weighted by molar-refractivity contribution is 6.01. The molecule has 1 N–H and O–H groups in total. The second kappa shape index (κ2) is 10.8. The third-order valence-electron chi connectivity index (χ3n) is 8.72. The number of para-hydroxylation sites is 2. The van der Waals surface area contributed by atoms with Crippen molar-refractivity contribution < 1.29 is 23.8 Å². The average Bonchev–Trinajstić information content (AvgIpc) is 3.38. The number of nitrogens with one attached hydrogen (secondary N) is 1. The molecule has 0 saturated carbocycles. The van der Waals surface area contributed by atoms with Gasteiger partial charge in [-0.05, 0) is 38.0 Å². The van der Waals surface area contributed by atoms with Gasteiger partial charge in [0.05, 0.1) is 39.2 Å². The molecule has 0 spiro atoms. The zero-order chi connectivity index (χ0) is 27.9. The van der Waals surface area contributed by atoms with Crippen molar-refractivity contribution in [1.29, 1.82) is 0 Å². The van der Waals surface area contributed by atoms with Crippen molar-refractivity contribution in [3.63, 3.8) is 0 Å². The predicted molar refractivity (Wildman–Crippen MR) is 152 cm³/mol. The number of H-pyrrole nitrogens is 1. The van der Waals surface area contributed by atoms with Gasteiger partial charge in [0.25, 0.3) is 5.91 Å². The molecule has 2 amide bonds. The number of morpholine rings is 1. The number of nitrogens with zero attached hydrogens (tertiary/aromatic N) is 3. The standard InChI is InChI=1S/C31H38N4O5/c1-4-40-28-21(10-7-12-25(28)38-3)23-19-35-26(36)20-34(14-8-13-33-15-17-39-18-16-33)30(37)31(35,2)29-27(23)22-9-5-6-11-24(22)32-29/h5-7,9-12,23,32H,4,8,13-20H2,1-3H3. The highest BCUT2D eigenvalue weighted by atomic mass is 16.5. The van der Waals surface area contributed by atoms with E-state index in [1.54, 1.807) is 16.9 Å². The van der Waals surface area contributed by atoms with E-state index in [-0.39, 0.29) is 24.3 Å². The van der Waals surface area contributed by atoms with Crippen LogP contribution in [-0.4, -0.2) is 97.7 Å². The van der Waals surface area contributed by atoms with Crippen LogP contribution < -0.4 is 9.47 Å². The molecule has 0 aliphatic carbocycles. The molecule has 2 saturated heterocycles. The number of piperazine rings is 1. The number of benzene rings is 2. The molecule has 0 bridgehead atoms. The van der Waals surface area contributed by atoms with Crippen molar-refractivity contribution in [2.45, 2.75) is 31.7 Å². The van der Waals surface area contributed by atoms with Gasteiger partial charge in [-0.3, -0.25) is 14.5 Å². The van der Waals surface area contributed by atoms with Gasteiger partial charge in [0.15, 0.2) is 17.0 Å². The fraction of sp³-hybridized carbons (Fsp3) is 0.484. The Balaban J connectivity index is 1.40. The smallest absolute Gasteiger partial charge is 0.254 e. The number of methoxy groups -OCH3 is 1. The SMILES string of the molecule is CCOc1c(OC)cccc1C1CN2C(=O)CN(CCCN3CCOCC3)C(=O)C2(C)c2[nH]c3ccccc3c21. The van der Waals surface area contributed by atoms with Gasteiger partial charge in [-0.1, -0.05) is 30.3 Å². The number of amides is 2. The summed E-state index contributed by atoms with van der Waals surface area (Å²) in [5.41, 5.74) is 2.60. The molecular formula is C31H38N4O5. The number of carbonyl (C=O) groups is 2. The lowest BCUT2D eigenvalue weighted by Crippen LogP contribution is -2.67. The quantitative estimate of drug-likeness (QED) is 0.467. The Hall–Kier alpha value is -3.56. The van der Waals surface area contributed by atoms with E-state index >= 15 is 0 Å². The van der Waals surface area contributed by atoms with E-state index in [1.165, 1.54) is 0 Å². The Bertz CT molecular complexity index is 1410. The van der Waals surface area contributed by atoms with Crippen LogP contribution in [0.4, 0.5) is 0 Å². The summed E-state index contributed by atoms with van der Waals surface area (Å²) in [6.45, 7) is 9.56. The molecule has 2 fully saturated rings.